The minimum absolute atomic E-state index is 0.705. The van der Waals surface area contributed by atoms with Crippen molar-refractivity contribution in [1.82, 2.24) is 0 Å². The first-order valence-corrected chi connectivity index (χ1v) is 10.6. The second kappa shape index (κ2) is 8.52. The van der Waals surface area contributed by atoms with Crippen LogP contribution < -0.4 is 0 Å². The van der Waals surface area contributed by atoms with Crippen LogP contribution >= 0.6 is 11.6 Å². The zero-order valence-corrected chi connectivity index (χ0v) is 17.6. The van der Waals surface area contributed by atoms with E-state index in [4.69, 9.17) is 11.6 Å². The molecule has 0 aliphatic heterocycles. The van der Waals surface area contributed by atoms with Crippen LogP contribution in [0.3, 0.4) is 0 Å². The zero-order chi connectivity index (χ0) is 21.0. The van der Waals surface area contributed by atoms with E-state index in [1.54, 1.807) is 0 Å². The van der Waals surface area contributed by atoms with Gasteiger partial charge in [0.05, 0.1) is 0 Å². The summed E-state index contributed by atoms with van der Waals surface area (Å²) in [6.45, 7) is 0. The van der Waals surface area contributed by atoms with Crippen molar-refractivity contribution in [3.8, 4) is 44.5 Å². The van der Waals surface area contributed by atoms with Crippen LogP contribution in [0.15, 0.2) is 115 Å². The lowest BCUT2D eigenvalue weighted by molar-refractivity contribution is 1.56. The Labute approximate surface area is 188 Å². The molecule has 0 heterocycles. The first-order chi connectivity index (χ1) is 15.3. The van der Waals surface area contributed by atoms with Gasteiger partial charge in [0, 0.05) is 10.6 Å². The maximum atomic E-state index is 6.54. The highest BCUT2D eigenvalue weighted by Gasteiger charge is 2.10. The summed E-state index contributed by atoms with van der Waals surface area (Å²) in [5, 5.41) is 0.705. The molecular weight excluding hydrogens is 396 g/mol. The van der Waals surface area contributed by atoms with Crippen molar-refractivity contribution < 1.29 is 0 Å². The normalized spacial score (nSPS) is 10.5. The Morgan fingerprint density at radius 1 is 0.452 bits per heavy atom. The van der Waals surface area contributed by atoms with Crippen LogP contribution in [0.25, 0.3) is 44.5 Å². The lowest BCUT2D eigenvalue weighted by Gasteiger charge is -2.12. The summed E-state index contributed by atoms with van der Waals surface area (Å²) in [5.41, 5.74) is 8.96. The highest BCUT2D eigenvalue weighted by molar-refractivity contribution is 6.31. The number of rotatable bonds is 4. The summed E-state index contributed by atoms with van der Waals surface area (Å²) in [7, 11) is 0. The molecule has 0 bridgehead atoms. The molecule has 0 fully saturated rings. The first-order valence-electron chi connectivity index (χ1n) is 10.2. The molecule has 0 spiro atoms. The number of hydrogen-bond acceptors (Lipinski definition) is 0. The topological polar surface area (TPSA) is 0 Å². The minimum Gasteiger partial charge on any atom is -0.0843 e. The standard InChI is InChI=1S/C30H19Cl/c31-30-20-28(24-14-8-3-9-15-24)19-29(21-30)27-17-25(22-10-4-1-5-11-22)16-26(18-27)23-12-6-2-7-13-23/h1-8,10-14,16-21H. The molecule has 5 aromatic carbocycles. The van der Waals surface area contributed by atoms with Crippen molar-refractivity contribution >= 4 is 11.6 Å². The first kappa shape index (κ1) is 19.2. The second-order valence-corrected chi connectivity index (χ2v) is 7.90. The van der Waals surface area contributed by atoms with E-state index in [2.05, 4.69) is 84.9 Å². The van der Waals surface area contributed by atoms with E-state index < -0.39 is 0 Å². The average molecular weight is 415 g/mol. The Balaban J connectivity index is 1.70. The Kier molecular flexibility index (Phi) is 5.28. The Morgan fingerprint density at radius 3 is 1.48 bits per heavy atom. The third-order valence-corrected chi connectivity index (χ3v) is 5.56. The molecule has 0 aromatic heterocycles. The minimum atomic E-state index is 0.705. The molecule has 0 amide bonds. The summed E-state index contributed by atoms with van der Waals surface area (Å²) < 4.78 is 0. The quantitative estimate of drug-likeness (QED) is 0.276. The molecule has 1 heteroatoms. The van der Waals surface area contributed by atoms with Crippen LogP contribution in [0.1, 0.15) is 0 Å². The molecule has 31 heavy (non-hydrogen) atoms. The van der Waals surface area contributed by atoms with Crippen molar-refractivity contribution in [2.45, 2.75) is 0 Å². The van der Waals surface area contributed by atoms with E-state index in [0.29, 0.717) is 5.02 Å². The monoisotopic (exact) mass is 414 g/mol. The van der Waals surface area contributed by atoms with Crippen molar-refractivity contribution in [3.05, 3.63) is 132 Å². The van der Waals surface area contributed by atoms with Gasteiger partial charge in [0.15, 0.2) is 0 Å². The average Bonchev–Trinajstić information content (AvgIpc) is 2.85. The maximum absolute atomic E-state index is 6.54. The largest absolute Gasteiger partial charge is 0.0843 e. The summed E-state index contributed by atoms with van der Waals surface area (Å²) >= 11 is 6.54. The van der Waals surface area contributed by atoms with Gasteiger partial charge in [-0.1, -0.05) is 90.5 Å². The summed E-state index contributed by atoms with van der Waals surface area (Å²) in [6.07, 6.45) is 0. The van der Waals surface area contributed by atoms with Gasteiger partial charge in [-0.2, -0.15) is 0 Å². The molecule has 0 nitrogen and oxygen atoms in total. The van der Waals surface area contributed by atoms with Crippen LogP contribution in [-0.2, 0) is 0 Å². The molecule has 5 aromatic rings. The Hall–Kier alpha value is -3.79. The predicted octanol–water partition coefficient (Wildman–Crippen LogP) is 8.61. The molecule has 0 unspecified atom stereocenters. The second-order valence-electron chi connectivity index (χ2n) is 7.47. The molecule has 0 saturated heterocycles. The van der Waals surface area contributed by atoms with Gasteiger partial charge in [-0.3, -0.25) is 0 Å². The molecule has 5 rings (SSSR count). The van der Waals surface area contributed by atoms with Crippen molar-refractivity contribution in [2.24, 2.45) is 0 Å². The van der Waals surface area contributed by atoms with Gasteiger partial charge < -0.3 is 0 Å². The number of benzene rings is 4. The van der Waals surface area contributed by atoms with Crippen LogP contribution in [0.4, 0.5) is 0 Å². The van der Waals surface area contributed by atoms with Gasteiger partial charge in [0.1, 0.15) is 0 Å². The van der Waals surface area contributed by atoms with Gasteiger partial charge in [-0.05, 0) is 87.5 Å². The highest BCUT2D eigenvalue weighted by atomic mass is 35.5. The van der Waals surface area contributed by atoms with Crippen LogP contribution in [-0.4, -0.2) is 0 Å². The third-order valence-electron chi connectivity index (χ3n) is 5.34. The summed E-state index contributed by atoms with van der Waals surface area (Å²) in [5.74, 6) is 0. The van der Waals surface area contributed by atoms with Crippen molar-refractivity contribution in [2.75, 3.05) is 0 Å². The molecule has 0 atom stereocenters. The predicted molar refractivity (Wildman–Crippen MR) is 131 cm³/mol. The molecule has 0 aliphatic carbocycles. The van der Waals surface area contributed by atoms with Gasteiger partial charge in [0.25, 0.3) is 0 Å². The van der Waals surface area contributed by atoms with Gasteiger partial charge in [0.2, 0.25) is 0 Å². The van der Waals surface area contributed by atoms with Crippen molar-refractivity contribution in [3.63, 3.8) is 0 Å². The van der Waals surface area contributed by atoms with Gasteiger partial charge >= 0.3 is 0 Å². The lowest BCUT2D eigenvalue weighted by Crippen LogP contribution is -1.87. The fourth-order valence-corrected chi connectivity index (χ4v) is 4.06. The highest BCUT2D eigenvalue weighted by Crippen LogP contribution is 2.35. The molecular formula is C30H19Cl. The van der Waals surface area contributed by atoms with E-state index in [-0.39, 0.29) is 0 Å². The molecule has 0 N–H and O–H groups in total. The van der Waals surface area contributed by atoms with E-state index in [1.807, 2.05) is 42.5 Å². The van der Waals surface area contributed by atoms with E-state index >= 15 is 0 Å². The van der Waals surface area contributed by atoms with Crippen LogP contribution in [0, 0.1) is 12.1 Å². The molecule has 146 valence electrons. The van der Waals surface area contributed by atoms with Crippen molar-refractivity contribution in [1.29, 1.82) is 0 Å². The van der Waals surface area contributed by atoms with Crippen LogP contribution in [0.2, 0.25) is 5.02 Å². The summed E-state index contributed by atoms with van der Waals surface area (Å²) in [4.78, 5) is 0. The van der Waals surface area contributed by atoms with Crippen LogP contribution in [0.5, 0.6) is 0 Å². The maximum Gasteiger partial charge on any atom is 0.0418 e. The molecule has 0 saturated carbocycles. The van der Waals surface area contributed by atoms with Gasteiger partial charge in [-0.15, -0.1) is 0 Å². The molecule has 0 aliphatic rings. The van der Waals surface area contributed by atoms with Gasteiger partial charge in [-0.25, -0.2) is 0 Å². The number of hydrogen-bond donors (Lipinski definition) is 0. The smallest absolute Gasteiger partial charge is 0.0418 e. The Bertz CT molecular complexity index is 1250. The van der Waals surface area contributed by atoms with E-state index in [1.165, 1.54) is 22.3 Å². The molecule has 0 radical (unpaired) electrons. The summed E-state index contributed by atoms with van der Waals surface area (Å²) in [6, 6.07) is 45.9. The fraction of sp³-hybridized carbons (Fsp3) is 0. The number of halogens is 1. The SMILES string of the molecule is Clc1cc(-c2c#cccc2)cc(-c2cc(-c3ccccc3)cc(-c3ccccc3)c2)c1. The zero-order valence-electron chi connectivity index (χ0n) is 16.8. The van der Waals surface area contributed by atoms with E-state index in [0.717, 1.165) is 22.3 Å². The third kappa shape index (κ3) is 4.24. The van der Waals surface area contributed by atoms with E-state index in [9.17, 15) is 0 Å². The Morgan fingerprint density at radius 2 is 0.935 bits per heavy atom. The lowest BCUT2D eigenvalue weighted by atomic mass is 9.92. The fourth-order valence-electron chi connectivity index (χ4n) is 3.82.